The largest absolute Gasteiger partial charge is 0.324 e. The van der Waals surface area contributed by atoms with Gasteiger partial charge in [-0.25, -0.2) is 4.98 Å². The van der Waals surface area contributed by atoms with E-state index < -0.39 is 0 Å². The molecule has 0 fully saturated rings. The van der Waals surface area contributed by atoms with Gasteiger partial charge in [-0.05, 0) is 46.3 Å². The van der Waals surface area contributed by atoms with Gasteiger partial charge >= 0.3 is 0 Å². The fourth-order valence-electron chi connectivity index (χ4n) is 1.99. The van der Waals surface area contributed by atoms with Crippen molar-refractivity contribution in [3.05, 3.63) is 57.0 Å². The molecule has 1 heterocycles. The molecule has 3 aromatic rings. The van der Waals surface area contributed by atoms with Gasteiger partial charge in [0, 0.05) is 15.1 Å². The topological polar surface area (TPSA) is 70.7 Å². The molecule has 0 unspecified atom stereocenters. The number of nitrogens with one attached hydrogen (secondary N) is 2. The van der Waals surface area contributed by atoms with Gasteiger partial charge in [0.15, 0.2) is 5.82 Å². The number of carbonyl (C=O) groups excluding carboxylic acids is 1. The Balaban J connectivity index is 1.62. The number of halogens is 3. The quantitative estimate of drug-likeness (QED) is 0.512. The van der Waals surface area contributed by atoms with Crippen LogP contribution in [0.1, 0.15) is 0 Å². The third kappa shape index (κ3) is 4.76. The number of rotatable bonds is 5. The van der Waals surface area contributed by atoms with Crippen molar-refractivity contribution in [2.45, 2.75) is 5.16 Å². The minimum Gasteiger partial charge on any atom is -0.324 e. The Labute approximate surface area is 166 Å². The van der Waals surface area contributed by atoms with Crippen molar-refractivity contribution in [2.24, 2.45) is 0 Å². The van der Waals surface area contributed by atoms with Crippen molar-refractivity contribution in [2.75, 3.05) is 11.1 Å². The number of aromatic amines is 1. The molecule has 0 aliphatic carbocycles. The zero-order valence-electron chi connectivity index (χ0n) is 12.6. The molecule has 3 rings (SSSR count). The first-order chi connectivity index (χ1) is 12.0. The number of thioether (sulfide) groups is 1. The van der Waals surface area contributed by atoms with Crippen LogP contribution in [0.4, 0.5) is 5.69 Å². The van der Waals surface area contributed by atoms with E-state index in [1.54, 1.807) is 18.2 Å². The predicted molar refractivity (Wildman–Crippen MR) is 105 cm³/mol. The molecule has 0 bridgehead atoms. The first-order valence-electron chi connectivity index (χ1n) is 7.08. The van der Waals surface area contributed by atoms with Crippen molar-refractivity contribution >= 4 is 62.5 Å². The maximum atomic E-state index is 12.1. The summed E-state index contributed by atoms with van der Waals surface area (Å²) in [6.45, 7) is 0. The minimum atomic E-state index is -0.146. The second kappa shape index (κ2) is 8.23. The first kappa shape index (κ1) is 18.3. The van der Waals surface area contributed by atoms with Gasteiger partial charge in [0.25, 0.3) is 0 Å². The maximum absolute atomic E-state index is 12.1. The number of benzene rings is 2. The number of anilines is 1. The Morgan fingerprint density at radius 2 is 2.04 bits per heavy atom. The smallest absolute Gasteiger partial charge is 0.234 e. The molecule has 2 aromatic carbocycles. The lowest BCUT2D eigenvalue weighted by molar-refractivity contribution is -0.113. The summed E-state index contributed by atoms with van der Waals surface area (Å²) in [5.74, 6) is 0.565. The van der Waals surface area contributed by atoms with Gasteiger partial charge in [-0.2, -0.15) is 0 Å². The van der Waals surface area contributed by atoms with Gasteiger partial charge in [-0.1, -0.05) is 47.1 Å². The summed E-state index contributed by atoms with van der Waals surface area (Å²) < 4.78 is 0.825. The Hall–Kier alpha value is -1.54. The van der Waals surface area contributed by atoms with Crippen molar-refractivity contribution < 1.29 is 4.79 Å². The average molecular weight is 458 g/mol. The molecule has 0 saturated heterocycles. The van der Waals surface area contributed by atoms with E-state index in [9.17, 15) is 4.79 Å². The van der Waals surface area contributed by atoms with Crippen molar-refractivity contribution in [3.8, 4) is 11.4 Å². The van der Waals surface area contributed by atoms with Crippen LogP contribution in [0.2, 0.25) is 10.0 Å². The van der Waals surface area contributed by atoms with E-state index in [2.05, 4.69) is 36.4 Å². The van der Waals surface area contributed by atoms with Crippen molar-refractivity contribution in [3.63, 3.8) is 0 Å². The van der Waals surface area contributed by atoms with Gasteiger partial charge < -0.3 is 5.32 Å². The summed E-state index contributed by atoms with van der Waals surface area (Å²) in [6, 6.07) is 12.5. The van der Waals surface area contributed by atoms with Crippen LogP contribution in [0.5, 0.6) is 0 Å². The molecule has 1 amide bonds. The van der Waals surface area contributed by atoms with Crippen molar-refractivity contribution in [1.82, 2.24) is 15.2 Å². The summed E-state index contributed by atoms with van der Waals surface area (Å²) in [7, 11) is 0. The molecule has 0 aliphatic heterocycles. The summed E-state index contributed by atoms with van der Waals surface area (Å²) in [6.07, 6.45) is 0. The highest BCUT2D eigenvalue weighted by Crippen LogP contribution is 2.29. The van der Waals surface area contributed by atoms with Crippen LogP contribution in [0, 0.1) is 0 Å². The lowest BCUT2D eigenvalue weighted by atomic mass is 10.2. The molecule has 5 nitrogen and oxygen atoms in total. The zero-order valence-corrected chi connectivity index (χ0v) is 16.5. The van der Waals surface area contributed by atoms with Crippen LogP contribution in [0.3, 0.4) is 0 Å². The van der Waals surface area contributed by atoms with Gasteiger partial charge in [0.1, 0.15) is 0 Å². The van der Waals surface area contributed by atoms with Crippen molar-refractivity contribution in [1.29, 1.82) is 0 Å². The van der Waals surface area contributed by atoms with E-state index in [-0.39, 0.29) is 11.7 Å². The fraction of sp³-hybridized carbons (Fsp3) is 0.0625. The zero-order chi connectivity index (χ0) is 17.8. The van der Waals surface area contributed by atoms with Crippen LogP contribution >= 0.6 is 50.9 Å². The van der Waals surface area contributed by atoms with Crippen LogP contribution < -0.4 is 5.32 Å². The van der Waals surface area contributed by atoms with E-state index in [0.717, 1.165) is 10.2 Å². The summed E-state index contributed by atoms with van der Waals surface area (Å²) in [5.41, 5.74) is 1.42. The number of amides is 1. The van der Waals surface area contributed by atoms with Gasteiger partial charge in [0.2, 0.25) is 11.1 Å². The number of para-hydroxylation sites is 1. The lowest BCUT2D eigenvalue weighted by Gasteiger charge is -2.05. The molecular formula is C16H11BrCl2N4OS. The molecule has 0 aliphatic rings. The molecule has 128 valence electrons. The van der Waals surface area contributed by atoms with E-state index in [4.69, 9.17) is 23.2 Å². The number of hydrogen-bond donors (Lipinski definition) is 2. The molecule has 25 heavy (non-hydrogen) atoms. The number of hydrogen-bond acceptors (Lipinski definition) is 4. The monoisotopic (exact) mass is 456 g/mol. The number of H-pyrrole nitrogens is 1. The summed E-state index contributed by atoms with van der Waals surface area (Å²) >= 11 is 16.7. The summed E-state index contributed by atoms with van der Waals surface area (Å²) in [5, 5.41) is 11.2. The van der Waals surface area contributed by atoms with E-state index in [0.29, 0.717) is 26.6 Å². The molecule has 0 saturated carbocycles. The first-order valence-corrected chi connectivity index (χ1v) is 9.61. The molecule has 1 aromatic heterocycles. The van der Waals surface area contributed by atoms with Crippen LogP contribution in [-0.2, 0) is 4.79 Å². The van der Waals surface area contributed by atoms with Crippen LogP contribution in [0.25, 0.3) is 11.4 Å². The van der Waals surface area contributed by atoms with E-state index >= 15 is 0 Å². The maximum Gasteiger partial charge on any atom is 0.234 e. The van der Waals surface area contributed by atoms with Gasteiger partial charge in [-0.15, -0.1) is 5.10 Å². The molecule has 2 N–H and O–H groups in total. The van der Waals surface area contributed by atoms with Gasteiger partial charge in [-0.3, -0.25) is 9.89 Å². The number of aromatic nitrogens is 3. The molecule has 0 spiro atoms. The standard InChI is InChI=1S/C16H11BrCl2N4OS/c17-11-3-1-2-4-13(11)20-14(24)8-25-16-21-15(22-23-16)10-6-5-9(18)7-12(10)19/h1-7H,8H2,(H,20,24)(H,21,22,23). The second-order valence-electron chi connectivity index (χ2n) is 4.91. The normalized spacial score (nSPS) is 10.7. The highest BCUT2D eigenvalue weighted by atomic mass is 79.9. The average Bonchev–Trinajstić information content (AvgIpc) is 3.04. The lowest BCUT2D eigenvalue weighted by Crippen LogP contribution is -2.14. The van der Waals surface area contributed by atoms with E-state index in [1.165, 1.54) is 11.8 Å². The molecular weight excluding hydrogens is 447 g/mol. The SMILES string of the molecule is O=C(CSc1n[nH]c(-c2ccc(Cl)cc2Cl)n1)Nc1ccccc1Br. The summed E-state index contributed by atoms with van der Waals surface area (Å²) in [4.78, 5) is 16.4. The Bertz CT molecular complexity index is 919. The molecule has 0 radical (unpaired) electrons. The Kier molecular flexibility index (Phi) is 6.01. The second-order valence-corrected chi connectivity index (χ2v) is 7.55. The minimum absolute atomic E-state index is 0.146. The molecule has 9 heteroatoms. The van der Waals surface area contributed by atoms with Crippen LogP contribution in [0.15, 0.2) is 52.1 Å². The number of carbonyl (C=O) groups is 1. The Morgan fingerprint density at radius 1 is 1.24 bits per heavy atom. The highest BCUT2D eigenvalue weighted by molar-refractivity contribution is 9.10. The highest BCUT2D eigenvalue weighted by Gasteiger charge is 2.12. The van der Waals surface area contributed by atoms with Gasteiger partial charge in [0.05, 0.1) is 16.5 Å². The Morgan fingerprint density at radius 3 is 2.80 bits per heavy atom. The fourth-order valence-corrected chi connectivity index (χ4v) is 3.47. The molecule has 0 atom stereocenters. The van der Waals surface area contributed by atoms with Crippen LogP contribution in [-0.4, -0.2) is 26.8 Å². The third-order valence-corrected chi connectivity index (χ3v) is 5.22. The predicted octanol–water partition coefficient (Wildman–Crippen LogP) is 5.27. The van der Waals surface area contributed by atoms with E-state index in [1.807, 2.05) is 24.3 Å². The third-order valence-electron chi connectivity index (χ3n) is 3.13. The number of nitrogens with zero attached hydrogens (tertiary/aromatic N) is 2.